The monoisotopic (exact) mass is 152 g/mol. The van der Waals surface area contributed by atoms with Crippen LogP contribution in [0.15, 0.2) is 23.9 Å². The molecule has 3 nitrogen and oxygen atoms in total. The predicted molar refractivity (Wildman–Crippen MR) is 43.9 cm³/mol. The molecule has 0 radical (unpaired) electrons. The van der Waals surface area contributed by atoms with Gasteiger partial charge in [-0.1, -0.05) is 6.08 Å². The molecule has 1 rings (SSSR count). The Kier molecular flexibility index (Phi) is 2.31. The summed E-state index contributed by atoms with van der Waals surface area (Å²) in [4.78, 5) is 12.8. The molecule has 0 atom stereocenters. The number of hydrogen-bond acceptors (Lipinski definition) is 2. The molecule has 1 N–H and O–H groups in total. The quantitative estimate of drug-likeness (QED) is 0.578. The molecule has 1 amide bonds. The maximum Gasteiger partial charge on any atom is 0.253 e. The Hall–Kier alpha value is -1.25. The van der Waals surface area contributed by atoms with E-state index in [-0.39, 0.29) is 5.91 Å². The van der Waals surface area contributed by atoms with Crippen molar-refractivity contribution in [1.29, 1.82) is 0 Å². The van der Waals surface area contributed by atoms with Gasteiger partial charge in [-0.3, -0.25) is 4.79 Å². The summed E-state index contributed by atoms with van der Waals surface area (Å²) in [6.45, 7) is 0.741. The zero-order valence-electron chi connectivity index (χ0n) is 6.79. The summed E-state index contributed by atoms with van der Waals surface area (Å²) >= 11 is 0. The number of amides is 1. The van der Waals surface area contributed by atoms with Crippen LogP contribution in [0.1, 0.15) is 0 Å². The highest BCUT2D eigenvalue weighted by Gasteiger charge is 2.08. The molecule has 0 bridgehead atoms. The third kappa shape index (κ3) is 1.83. The van der Waals surface area contributed by atoms with Crippen LogP contribution in [0.25, 0.3) is 0 Å². The van der Waals surface area contributed by atoms with E-state index in [1.807, 2.05) is 6.08 Å². The molecule has 0 saturated carbocycles. The normalized spacial score (nSPS) is 15.3. The fraction of sp³-hybridized carbons (Fsp3) is 0.375. The van der Waals surface area contributed by atoms with Gasteiger partial charge in [0, 0.05) is 26.2 Å². The Labute approximate surface area is 66.4 Å². The van der Waals surface area contributed by atoms with Gasteiger partial charge in [0.25, 0.3) is 5.91 Å². The van der Waals surface area contributed by atoms with Crippen LogP contribution in [0.2, 0.25) is 0 Å². The minimum atomic E-state index is 0.0581. The summed E-state index contributed by atoms with van der Waals surface area (Å²) in [6, 6.07) is 0. The highest BCUT2D eigenvalue weighted by molar-refractivity contribution is 5.96. The van der Waals surface area contributed by atoms with E-state index in [1.165, 1.54) is 0 Å². The Morgan fingerprint density at radius 2 is 2.36 bits per heavy atom. The summed E-state index contributed by atoms with van der Waals surface area (Å²) in [5.74, 6) is 0.0581. The molecule has 3 heteroatoms. The van der Waals surface area contributed by atoms with E-state index in [0.717, 1.165) is 12.1 Å². The van der Waals surface area contributed by atoms with Gasteiger partial charge < -0.3 is 10.2 Å². The van der Waals surface area contributed by atoms with E-state index >= 15 is 0 Å². The average molecular weight is 152 g/mol. The standard InChI is InChI=1S/C8H12N2O/c1-10(2)8(11)7-3-5-9-6-4-7/h3-5,9H,6H2,1-2H3. The van der Waals surface area contributed by atoms with Crippen molar-refractivity contribution in [1.82, 2.24) is 10.2 Å². The number of likely N-dealkylation sites (N-methyl/N-ethyl adjacent to an activating group) is 1. The zero-order valence-corrected chi connectivity index (χ0v) is 6.79. The first-order valence-electron chi connectivity index (χ1n) is 3.53. The van der Waals surface area contributed by atoms with Gasteiger partial charge in [-0.25, -0.2) is 0 Å². The fourth-order valence-corrected chi connectivity index (χ4v) is 0.870. The van der Waals surface area contributed by atoms with Crippen LogP contribution >= 0.6 is 0 Å². The topological polar surface area (TPSA) is 32.3 Å². The largest absolute Gasteiger partial charge is 0.387 e. The Balaban J connectivity index is 2.67. The van der Waals surface area contributed by atoms with Crippen molar-refractivity contribution in [3.05, 3.63) is 23.9 Å². The molecule has 0 aromatic rings. The molecule has 0 saturated heterocycles. The SMILES string of the molecule is CN(C)C(=O)C1=CCNC=C1. The summed E-state index contributed by atoms with van der Waals surface area (Å²) in [5, 5.41) is 2.98. The van der Waals surface area contributed by atoms with Crippen LogP contribution in [0.3, 0.4) is 0 Å². The predicted octanol–water partition coefficient (Wildman–Crippen LogP) is 0.118. The third-order valence-electron chi connectivity index (χ3n) is 1.47. The Morgan fingerprint density at radius 1 is 1.64 bits per heavy atom. The summed E-state index contributed by atoms with van der Waals surface area (Å²) < 4.78 is 0. The van der Waals surface area contributed by atoms with Gasteiger partial charge in [-0.05, 0) is 12.3 Å². The zero-order chi connectivity index (χ0) is 8.27. The van der Waals surface area contributed by atoms with Gasteiger partial charge in [0.1, 0.15) is 0 Å². The van der Waals surface area contributed by atoms with E-state index in [2.05, 4.69) is 5.32 Å². The molecule has 60 valence electrons. The number of nitrogens with zero attached hydrogens (tertiary/aromatic N) is 1. The molecule has 0 unspecified atom stereocenters. The van der Waals surface area contributed by atoms with Crippen molar-refractivity contribution in [2.24, 2.45) is 0 Å². The second-order valence-electron chi connectivity index (χ2n) is 2.60. The highest BCUT2D eigenvalue weighted by atomic mass is 16.2. The van der Waals surface area contributed by atoms with E-state index in [0.29, 0.717) is 0 Å². The number of hydrogen-bond donors (Lipinski definition) is 1. The molecule has 1 heterocycles. The molecule has 1 aliphatic heterocycles. The van der Waals surface area contributed by atoms with Crippen LogP contribution in [-0.4, -0.2) is 31.4 Å². The first kappa shape index (κ1) is 7.85. The minimum absolute atomic E-state index is 0.0581. The maximum atomic E-state index is 11.3. The van der Waals surface area contributed by atoms with Gasteiger partial charge >= 0.3 is 0 Å². The van der Waals surface area contributed by atoms with Crippen molar-refractivity contribution in [3.8, 4) is 0 Å². The van der Waals surface area contributed by atoms with Crippen molar-refractivity contribution >= 4 is 5.91 Å². The van der Waals surface area contributed by atoms with E-state index in [9.17, 15) is 4.79 Å². The second-order valence-corrected chi connectivity index (χ2v) is 2.60. The number of carbonyl (C=O) groups excluding carboxylic acids is 1. The van der Waals surface area contributed by atoms with Crippen molar-refractivity contribution in [3.63, 3.8) is 0 Å². The first-order valence-corrected chi connectivity index (χ1v) is 3.53. The lowest BCUT2D eigenvalue weighted by atomic mass is 10.2. The smallest absolute Gasteiger partial charge is 0.253 e. The Bertz CT molecular complexity index is 216. The molecular formula is C8H12N2O. The summed E-state index contributed by atoms with van der Waals surface area (Å²) in [6.07, 6.45) is 5.45. The number of dihydropyridines is 1. The molecule has 0 fully saturated rings. The Morgan fingerprint density at radius 3 is 2.82 bits per heavy atom. The lowest BCUT2D eigenvalue weighted by Gasteiger charge is -2.13. The van der Waals surface area contributed by atoms with E-state index in [4.69, 9.17) is 0 Å². The number of rotatable bonds is 1. The first-order chi connectivity index (χ1) is 5.22. The van der Waals surface area contributed by atoms with Crippen LogP contribution in [-0.2, 0) is 4.79 Å². The molecule has 11 heavy (non-hydrogen) atoms. The van der Waals surface area contributed by atoms with Crippen LogP contribution in [0.5, 0.6) is 0 Å². The van der Waals surface area contributed by atoms with Crippen LogP contribution in [0, 0.1) is 0 Å². The third-order valence-corrected chi connectivity index (χ3v) is 1.47. The van der Waals surface area contributed by atoms with Crippen molar-refractivity contribution < 1.29 is 4.79 Å². The summed E-state index contributed by atoms with van der Waals surface area (Å²) in [7, 11) is 3.50. The van der Waals surface area contributed by atoms with Crippen LogP contribution < -0.4 is 5.32 Å². The lowest BCUT2D eigenvalue weighted by Crippen LogP contribution is -2.25. The van der Waals surface area contributed by atoms with Gasteiger partial charge in [0.2, 0.25) is 0 Å². The summed E-state index contributed by atoms with van der Waals surface area (Å²) in [5.41, 5.74) is 0.758. The maximum absolute atomic E-state index is 11.3. The van der Waals surface area contributed by atoms with Crippen LogP contribution in [0.4, 0.5) is 0 Å². The molecule has 0 aromatic heterocycles. The van der Waals surface area contributed by atoms with E-state index in [1.54, 1.807) is 31.3 Å². The van der Waals surface area contributed by atoms with Gasteiger partial charge in [-0.15, -0.1) is 0 Å². The number of nitrogens with one attached hydrogen (secondary N) is 1. The van der Waals surface area contributed by atoms with Gasteiger partial charge in [-0.2, -0.15) is 0 Å². The minimum Gasteiger partial charge on any atom is -0.387 e. The molecule has 0 spiro atoms. The number of carbonyl (C=O) groups is 1. The van der Waals surface area contributed by atoms with Crippen molar-refractivity contribution in [2.45, 2.75) is 0 Å². The average Bonchev–Trinajstić information content (AvgIpc) is 2.05. The fourth-order valence-electron chi connectivity index (χ4n) is 0.870. The molecule has 0 aromatic carbocycles. The van der Waals surface area contributed by atoms with Crippen molar-refractivity contribution in [2.75, 3.05) is 20.6 Å². The lowest BCUT2D eigenvalue weighted by molar-refractivity contribution is -0.124. The van der Waals surface area contributed by atoms with Gasteiger partial charge in [0.15, 0.2) is 0 Å². The molecule has 1 aliphatic rings. The molecular weight excluding hydrogens is 140 g/mol. The van der Waals surface area contributed by atoms with E-state index < -0.39 is 0 Å². The highest BCUT2D eigenvalue weighted by Crippen LogP contribution is 2.02. The van der Waals surface area contributed by atoms with Gasteiger partial charge in [0.05, 0.1) is 0 Å². The molecule has 0 aliphatic carbocycles. The second kappa shape index (κ2) is 3.23.